The van der Waals surface area contributed by atoms with Crippen molar-refractivity contribution in [1.29, 1.82) is 0 Å². The quantitative estimate of drug-likeness (QED) is 0.876. The summed E-state index contributed by atoms with van der Waals surface area (Å²) in [4.78, 5) is 7.48. The molecule has 1 aromatic rings. The number of aromatic nitrogens is 1. The third-order valence-corrected chi connectivity index (χ3v) is 4.82. The zero-order valence-electron chi connectivity index (χ0n) is 11.6. The maximum absolute atomic E-state index is 4.78. The van der Waals surface area contributed by atoms with Gasteiger partial charge in [0.25, 0.3) is 0 Å². The van der Waals surface area contributed by atoms with Crippen LogP contribution in [0.4, 0.5) is 0 Å². The first kappa shape index (κ1) is 15.2. The summed E-state index contributed by atoms with van der Waals surface area (Å²) >= 11 is 1.85. The SMILES string of the molecule is CCCc1csc(CN(C2CC2)C2CCNC2)n1.Cl. The molecule has 0 bridgehead atoms. The van der Waals surface area contributed by atoms with Crippen LogP contribution >= 0.6 is 23.7 Å². The topological polar surface area (TPSA) is 28.2 Å². The van der Waals surface area contributed by atoms with E-state index in [1.807, 2.05) is 11.3 Å². The molecule has 2 heterocycles. The smallest absolute Gasteiger partial charge is 0.107 e. The van der Waals surface area contributed by atoms with Crippen LogP contribution in [0.2, 0.25) is 0 Å². The molecule has 1 atom stereocenters. The van der Waals surface area contributed by atoms with Gasteiger partial charge in [-0.25, -0.2) is 4.98 Å². The third kappa shape index (κ3) is 3.91. The highest BCUT2D eigenvalue weighted by Gasteiger charge is 2.35. The van der Waals surface area contributed by atoms with Gasteiger partial charge in [0, 0.05) is 24.0 Å². The van der Waals surface area contributed by atoms with Gasteiger partial charge in [-0.2, -0.15) is 0 Å². The van der Waals surface area contributed by atoms with Crippen molar-refractivity contribution in [3.8, 4) is 0 Å². The summed E-state index contributed by atoms with van der Waals surface area (Å²) in [5.41, 5.74) is 1.29. The Bertz CT molecular complexity index is 386. The maximum atomic E-state index is 4.78. The fourth-order valence-corrected chi connectivity index (χ4v) is 3.67. The molecule has 1 saturated heterocycles. The minimum atomic E-state index is 0. The van der Waals surface area contributed by atoms with E-state index >= 15 is 0 Å². The highest BCUT2D eigenvalue weighted by molar-refractivity contribution is 7.09. The Morgan fingerprint density at radius 1 is 1.37 bits per heavy atom. The van der Waals surface area contributed by atoms with E-state index in [1.54, 1.807) is 0 Å². The van der Waals surface area contributed by atoms with Gasteiger partial charge in [0.1, 0.15) is 5.01 Å². The Balaban J connectivity index is 0.00000133. The van der Waals surface area contributed by atoms with Crippen molar-refractivity contribution < 1.29 is 0 Å². The molecule has 1 saturated carbocycles. The molecule has 1 aromatic heterocycles. The van der Waals surface area contributed by atoms with Crippen molar-refractivity contribution in [1.82, 2.24) is 15.2 Å². The van der Waals surface area contributed by atoms with E-state index in [4.69, 9.17) is 4.98 Å². The molecule has 1 unspecified atom stereocenters. The van der Waals surface area contributed by atoms with Gasteiger partial charge in [-0.15, -0.1) is 23.7 Å². The Hall–Kier alpha value is -0.160. The summed E-state index contributed by atoms with van der Waals surface area (Å²) in [5, 5.41) is 7.05. The van der Waals surface area contributed by atoms with Crippen LogP contribution in [0.25, 0.3) is 0 Å². The predicted molar refractivity (Wildman–Crippen MR) is 83.2 cm³/mol. The standard InChI is InChI=1S/C14H23N3S.ClH/c1-2-3-11-10-18-14(16-11)9-17(12-4-5-12)13-6-7-15-8-13;/h10,12-13,15H,2-9H2,1H3;1H. The molecule has 1 aliphatic heterocycles. The third-order valence-electron chi connectivity index (χ3n) is 3.94. The minimum absolute atomic E-state index is 0. The molecule has 0 radical (unpaired) electrons. The van der Waals surface area contributed by atoms with Gasteiger partial charge in [-0.05, 0) is 32.2 Å². The van der Waals surface area contributed by atoms with E-state index in [1.165, 1.54) is 49.5 Å². The fourth-order valence-electron chi connectivity index (χ4n) is 2.83. The minimum Gasteiger partial charge on any atom is -0.315 e. The number of nitrogens with one attached hydrogen (secondary N) is 1. The second-order valence-electron chi connectivity index (χ2n) is 5.53. The van der Waals surface area contributed by atoms with Crippen molar-refractivity contribution in [2.75, 3.05) is 13.1 Å². The van der Waals surface area contributed by atoms with Crippen LogP contribution in [0.15, 0.2) is 5.38 Å². The van der Waals surface area contributed by atoms with Crippen molar-refractivity contribution >= 4 is 23.7 Å². The average Bonchev–Trinajstić information content (AvgIpc) is 2.89. The van der Waals surface area contributed by atoms with E-state index in [9.17, 15) is 0 Å². The van der Waals surface area contributed by atoms with E-state index < -0.39 is 0 Å². The highest BCUT2D eigenvalue weighted by atomic mass is 35.5. The summed E-state index contributed by atoms with van der Waals surface area (Å²) in [6, 6.07) is 1.59. The lowest BCUT2D eigenvalue weighted by Crippen LogP contribution is -2.38. The Morgan fingerprint density at radius 3 is 2.84 bits per heavy atom. The monoisotopic (exact) mass is 301 g/mol. The molecular weight excluding hydrogens is 278 g/mol. The van der Waals surface area contributed by atoms with Crippen LogP contribution in [0.5, 0.6) is 0 Å². The average molecular weight is 302 g/mol. The van der Waals surface area contributed by atoms with Crippen LogP contribution in [-0.2, 0) is 13.0 Å². The molecule has 108 valence electrons. The lowest BCUT2D eigenvalue weighted by atomic mass is 10.2. The lowest BCUT2D eigenvalue weighted by Gasteiger charge is -2.27. The van der Waals surface area contributed by atoms with Crippen molar-refractivity contribution in [2.24, 2.45) is 0 Å². The van der Waals surface area contributed by atoms with Gasteiger partial charge in [-0.1, -0.05) is 13.3 Å². The number of thiazole rings is 1. The van der Waals surface area contributed by atoms with E-state index in [0.717, 1.165) is 25.0 Å². The molecule has 1 aliphatic carbocycles. The van der Waals surface area contributed by atoms with Crippen LogP contribution in [0, 0.1) is 0 Å². The zero-order chi connectivity index (χ0) is 12.4. The number of hydrogen-bond acceptors (Lipinski definition) is 4. The number of halogens is 1. The van der Waals surface area contributed by atoms with E-state index in [2.05, 4.69) is 22.5 Å². The molecule has 2 fully saturated rings. The first-order valence-electron chi connectivity index (χ1n) is 7.26. The van der Waals surface area contributed by atoms with Crippen LogP contribution < -0.4 is 5.32 Å². The first-order chi connectivity index (χ1) is 8.86. The molecule has 5 heteroatoms. The highest BCUT2D eigenvalue weighted by Crippen LogP contribution is 2.32. The molecule has 1 N–H and O–H groups in total. The molecule has 0 aromatic carbocycles. The van der Waals surface area contributed by atoms with Crippen molar-refractivity contribution in [3.63, 3.8) is 0 Å². The van der Waals surface area contributed by atoms with E-state index in [0.29, 0.717) is 0 Å². The van der Waals surface area contributed by atoms with Crippen LogP contribution in [0.3, 0.4) is 0 Å². The number of aryl methyl sites for hydroxylation is 1. The molecule has 2 aliphatic rings. The Labute approximate surface area is 126 Å². The Morgan fingerprint density at radius 2 is 2.21 bits per heavy atom. The zero-order valence-corrected chi connectivity index (χ0v) is 13.2. The maximum Gasteiger partial charge on any atom is 0.107 e. The van der Waals surface area contributed by atoms with Crippen LogP contribution in [-0.4, -0.2) is 35.1 Å². The van der Waals surface area contributed by atoms with E-state index in [-0.39, 0.29) is 12.4 Å². The van der Waals surface area contributed by atoms with Gasteiger partial charge >= 0.3 is 0 Å². The second-order valence-corrected chi connectivity index (χ2v) is 6.48. The van der Waals surface area contributed by atoms with Gasteiger partial charge in [0.2, 0.25) is 0 Å². The molecule has 0 spiro atoms. The summed E-state index contributed by atoms with van der Waals surface area (Å²) in [7, 11) is 0. The summed E-state index contributed by atoms with van der Waals surface area (Å²) in [5.74, 6) is 0. The van der Waals surface area contributed by atoms with Gasteiger partial charge in [-0.3, -0.25) is 4.90 Å². The first-order valence-corrected chi connectivity index (χ1v) is 8.14. The van der Waals surface area contributed by atoms with Gasteiger partial charge in [0.15, 0.2) is 0 Å². The summed E-state index contributed by atoms with van der Waals surface area (Å²) < 4.78 is 0. The number of rotatable bonds is 6. The predicted octanol–water partition coefficient (Wildman–Crippen LogP) is 2.84. The number of nitrogens with zero attached hydrogens (tertiary/aromatic N) is 2. The lowest BCUT2D eigenvalue weighted by molar-refractivity contribution is 0.188. The Kier molecular flexibility index (Phi) is 5.63. The second kappa shape index (κ2) is 7.02. The van der Waals surface area contributed by atoms with Gasteiger partial charge < -0.3 is 5.32 Å². The number of hydrogen-bond donors (Lipinski definition) is 1. The summed E-state index contributed by atoms with van der Waals surface area (Å²) in [6.07, 6.45) is 6.42. The van der Waals surface area contributed by atoms with Gasteiger partial charge in [0.05, 0.1) is 12.2 Å². The summed E-state index contributed by atoms with van der Waals surface area (Å²) in [6.45, 7) is 5.65. The molecule has 3 rings (SSSR count). The normalized spacial score (nSPS) is 22.7. The largest absolute Gasteiger partial charge is 0.315 e. The van der Waals surface area contributed by atoms with Crippen LogP contribution in [0.1, 0.15) is 43.3 Å². The molecule has 3 nitrogen and oxygen atoms in total. The molecule has 19 heavy (non-hydrogen) atoms. The van der Waals surface area contributed by atoms with Crippen molar-refractivity contribution in [2.45, 2.75) is 57.7 Å². The fraction of sp³-hybridized carbons (Fsp3) is 0.786. The molecule has 0 amide bonds. The van der Waals surface area contributed by atoms with Crippen molar-refractivity contribution in [3.05, 3.63) is 16.1 Å². The molecular formula is C14H24ClN3S.